The zero-order chi connectivity index (χ0) is 24.2. The minimum atomic E-state index is -3.68. The molecule has 1 heterocycles. The summed E-state index contributed by atoms with van der Waals surface area (Å²) in [6, 6.07) is 8.97. The SMILES string of the molecule is CC(OC(=O)c1ccc(Cl)cc1[N+](=O)[O-])C(=O)Nc1ccc(S(=O)(=O)N2CCOCC2)cc1. The maximum Gasteiger partial charge on any atom is 0.345 e. The molecule has 0 bridgehead atoms. The van der Waals surface area contributed by atoms with Crippen molar-refractivity contribution in [2.24, 2.45) is 0 Å². The number of carbonyl (C=O) groups excluding carboxylic acids is 2. The predicted molar refractivity (Wildman–Crippen MR) is 118 cm³/mol. The normalized spacial score (nSPS) is 15.5. The second-order valence-corrected chi connectivity index (χ2v) is 9.37. The molecule has 11 nitrogen and oxygen atoms in total. The minimum absolute atomic E-state index is 0.0666. The Morgan fingerprint density at radius 3 is 2.42 bits per heavy atom. The molecule has 1 unspecified atom stereocenters. The molecule has 1 amide bonds. The lowest BCUT2D eigenvalue weighted by atomic mass is 10.2. The molecule has 1 N–H and O–H groups in total. The maximum absolute atomic E-state index is 12.7. The van der Waals surface area contributed by atoms with Gasteiger partial charge in [-0.1, -0.05) is 11.6 Å². The molecule has 13 heteroatoms. The first-order valence-electron chi connectivity index (χ1n) is 9.73. The van der Waals surface area contributed by atoms with Crippen molar-refractivity contribution < 1.29 is 32.4 Å². The standard InChI is InChI=1S/C20H20ClN3O8S/c1-13(32-20(26)17-7-2-14(21)12-18(17)24(27)28)19(25)22-15-3-5-16(6-4-15)33(29,30)23-8-10-31-11-9-23/h2-7,12-13H,8-11H2,1H3,(H,22,25). The molecule has 2 aromatic carbocycles. The Morgan fingerprint density at radius 1 is 1.18 bits per heavy atom. The van der Waals surface area contributed by atoms with Gasteiger partial charge in [-0.05, 0) is 43.3 Å². The van der Waals surface area contributed by atoms with Crippen molar-refractivity contribution in [1.29, 1.82) is 0 Å². The van der Waals surface area contributed by atoms with E-state index >= 15 is 0 Å². The van der Waals surface area contributed by atoms with Crippen molar-refractivity contribution in [2.45, 2.75) is 17.9 Å². The van der Waals surface area contributed by atoms with E-state index in [1.165, 1.54) is 41.6 Å². The van der Waals surface area contributed by atoms with E-state index in [0.29, 0.717) is 13.2 Å². The van der Waals surface area contributed by atoms with Crippen molar-refractivity contribution in [2.75, 3.05) is 31.6 Å². The summed E-state index contributed by atoms with van der Waals surface area (Å²) in [5.41, 5.74) is -0.611. The highest BCUT2D eigenvalue weighted by Gasteiger charge is 2.27. The molecule has 0 aromatic heterocycles. The third kappa shape index (κ3) is 5.85. The fraction of sp³-hybridized carbons (Fsp3) is 0.300. The third-order valence-corrected chi connectivity index (χ3v) is 6.91. The monoisotopic (exact) mass is 497 g/mol. The summed E-state index contributed by atoms with van der Waals surface area (Å²) in [5.74, 6) is -1.77. The number of nitro groups is 1. The van der Waals surface area contributed by atoms with Gasteiger partial charge in [-0.15, -0.1) is 0 Å². The molecule has 0 spiro atoms. The van der Waals surface area contributed by atoms with Crippen LogP contribution in [0, 0.1) is 10.1 Å². The van der Waals surface area contributed by atoms with Crippen LogP contribution in [-0.2, 0) is 24.3 Å². The highest BCUT2D eigenvalue weighted by Crippen LogP contribution is 2.24. The number of nitrogens with zero attached hydrogens (tertiary/aromatic N) is 2. The first-order chi connectivity index (χ1) is 15.6. The highest BCUT2D eigenvalue weighted by molar-refractivity contribution is 7.89. The molecule has 1 aliphatic rings. The van der Waals surface area contributed by atoms with Crippen LogP contribution in [0.25, 0.3) is 0 Å². The number of esters is 1. The maximum atomic E-state index is 12.7. The molecule has 1 atom stereocenters. The average molecular weight is 498 g/mol. The Balaban J connectivity index is 1.64. The minimum Gasteiger partial charge on any atom is -0.449 e. The Kier molecular flexibility index (Phi) is 7.64. The van der Waals surface area contributed by atoms with Crippen LogP contribution in [0.2, 0.25) is 5.02 Å². The quantitative estimate of drug-likeness (QED) is 0.349. The molecule has 0 saturated carbocycles. The predicted octanol–water partition coefficient (Wildman–Crippen LogP) is 2.45. The van der Waals surface area contributed by atoms with Gasteiger partial charge in [0.1, 0.15) is 5.56 Å². The van der Waals surface area contributed by atoms with Crippen molar-refractivity contribution in [3.63, 3.8) is 0 Å². The zero-order valence-electron chi connectivity index (χ0n) is 17.4. The first kappa shape index (κ1) is 24.6. The van der Waals surface area contributed by atoms with Gasteiger partial charge in [0, 0.05) is 29.9 Å². The van der Waals surface area contributed by atoms with Crippen molar-refractivity contribution in [3.8, 4) is 0 Å². The summed E-state index contributed by atoms with van der Waals surface area (Å²) in [6.07, 6.45) is -1.29. The van der Waals surface area contributed by atoms with Crippen LogP contribution in [0.15, 0.2) is 47.4 Å². The van der Waals surface area contributed by atoms with Gasteiger partial charge >= 0.3 is 5.97 Å². The van der Waals surface area contributed by atoms with Gasteiger partial charge in [0.15, 0.2) is 6.10 Å². The van der Waals surface area contributed by atoms with Gasteiger partial charge < -0.3 is 14.8 Å². The lowest BCUT2D eigenvalue weighted by molar-refractivity contribution is -0.385. The fourth-order valence-corrected chi connectivity index (χ4v) is 4.57. The Bertz CT molecular complexity index is 1160. The summed E-state index contributed by atoms with van der Waals surface area (Å²) in [4.78, 5) is 35.2. The van der Waals surface area contributed by atoms with E-state index in [-0.39, 0.29) is 34.3 Å². The van der Waals surface area contributed by atoms with Crippen LogP contribution < -0.4 is 5.32 Å². The number of benzene rings is 2. The Labute approximate surface area is 194 Å². The lowest BCUT2D eigenvalue weighted by Gasteiger charge is -2.26. The van der Waals surface area contributed by atoms with Gasteiger partial charge in [-0.3, -0.25) is 14.9 Å². The molecule has 1 aliphatic heterocycles. The van der Waals surface area contributed by atoms with Crippen LogP contribution >= 0.6 is 11.6 Å². The van der Waals surface area contributed by atoms with E-state index in [0.717, 1.165) is 12.1 Å². The molecule has 0 aliphatic carbocycles. The molecule has 3 rings (SSSR count). The van der Waals surface area contributed by atoms with Crippen LogP contribution in [-0.4, -0.2) is 61.9 Å². The molecule has 33 heavy (non-hydrogen) atoms. The smallest absolute Gasteiger partial charge is 0.345 e. The molecular formula is C20H20ClN3O8S. The van der Waals surface area contributed by atoms with Crippen LogP contribution in [0.4, 0.5) is 11.4 Å². The fourth-order valence-electron chi connectivity index (χ4n) is 3.00. The van der Waals surface area contributed by atoms with E-state index < -0.39 is 38.6 Å². The van der Waals surface area contributed by atoms with Gasteiger partial charge in [0.05, 0.1) is 23.0 Å². The van der Waals surface area contributed by atoms with Crippen LogP contribution in [0.5, 0.6) is 0 Å². The number of ether oxygens (including phenoxy) is 2. The number of anilines is 1. The van der Waals surface area contributed by atoms with Crippen molar-refractivity contribution in [1.82, 2.24) is 4.31 Å². The highest BCUT2D eigenvalue weighted by atomic mass is 35.5. The first-order valence-corrected chi connectivity index (χ1v) is 11.5. The van der Waals surface area contributed by atoms with E-state index in [9.17, 15) is 28.1 Å². The number of rotatable bonds is 7. The molecule has 0 radical (unpaired) electrons. The Hall–Kier alpha value is -3.06. The second-order valence-electron chi connectivity index (χ2n) is 7.00. The molecular weight excluding hydrogens is 478 g/mol. The van der Waals surface area contributed by atoms with E-state index in [4.69, 9.17) is 21.1 Å². The summed E-state index contributed by atoms with van der Waals surface area (Å²) in [7, 11) is -3.68. The number of amides is 1. The Morgan fingerprint density at radius 2 is 1.82 bits per heavy atom. The van der Waals surface area contributed by atoms with E-state index in [2.05, 4.69) is 5.32 Å². The molecule has 1 fully saturated rings. The van der Waals surface area contributed by atoms with Gasteiger partial charge in [0.25, 0.3) is 11.6 Å². The molecule has 176 valence electrons. The number of carbonyl (C=O) groups is 2. The summed E-state index contributed by atoms with van der Waals surface area (Å²) < 4.78 is 36.8. The van der Waals surface area contributed by atoms with E-state index in [1.807, 2.05) is 0 Å². The largest absolute Gasteiger partial charge is 0.449 e. The number of halogens is 1. The number of sulfonamides is 1. The number of hydrogen-bond donors (Lipinski definition) is 1. The van der Waals surface area contributed by atoms with Gasteiger partial charge in [-0.25, -0.2) is 13.2 Å². The van der Waals surface area contributed by atoms with Gasteiger partial charge in [-0.2, -0.15) is 4.31 Å². The number of nitro benzene ring substituents is 1. The summed E-state index contributed by atoms with van der Waals surface area (Å²) in [5, 5.41) is 13.7. The third-order valence-electron chi connectivity index (χ3n) is 4.76. The van der Waals surface area contributed by atoms with Gasteiger partial charge in [0.2, 0.25) is 10.0 Å². The van der Waals surface area contributed by atoms with Crippen molar-refractivity contribution in [3.05, 3.63) is 63.2 Å². The lowest BCUT2D eigenvalue weighted by Crippen LogP contribution is -2.40. The number of hydrogen-bond acceptors (Lipinski definition) is 8. The zero-order valence-corrected chi connectivity index (χ0v) is 19.0. The van der Waals surface area contributed by atoms with Crippen molar-refractivity contribution >= 4 is 44.9 Å². The second kappa shape index (κ2) is 10.3. The molecule has 1 saturated heterocycles. The molecule has 2 aromatic rings. The topological polar surface area (TPSA) is 145 Å². The van der Waals surface area contributed by atoms with E-state index in [1.54, 1.807) is 0 Å². The number of morpholine rings is 1. The van der Waals surface area contributed by atoms with Crippen LogP contribution in [0.3, 0.4) is 0 Å². The summed E-state index contributed by atoms with van der Waals surface area (Å²) >= 11 is 5.73. The number of nitrogens with one attached hydrogen (secondary N) is 1. The van der Waals surface area contributed by atoms with Crippen LogP contribution in [0.1, 0.15) is 17.3 Å². The summed E-state index contributed by atoms with van der Waals surface area (Å²) in [6.45, 7) is 2.46. The average Bonchev–Trinajstić information content (AvgIpc) is 2.79.